The molecule has 0 atom stereocenters. The molecule has 30 heavy (non-hydrogen) atoms. The highest BCUT2D eigenvalue weighted by Crippen LogP contribution is 2.22. The summed E-state index contributed by atoms with van der Waals surface area (Å²) in [6.45, 7) is 10.2. The van der Waals surface area contributed by atoms with Gasteiger partial charge >= 0.3 is 0 Å². The average Bonchev–Trinajstić information content (AvgIpc) is 3.21. The van der Waals surface area contributed by atoms with Crippen LogP contribution >= 0.6 is 24.0 Å². The Labute approximate surface area is 195 Å². The van der Waals surface area contributed by atoms with Crippen molar-refractivity contribution in [2.24, 2.45) is 4.99 Å². The Hall–Kier alpha value is -2.42. The van der Waals surface area contributed by atoms with Crippen molar-refractivity contribution in [2.75, 3.05) is 6.54 Å². The molecule has 2 aromatic heterocycles. The van der Waals surface area contributed by atoms with Crippen molar-refractivity contribution >= 4 is 29.9 Å². The molecule has 6 nitrogen and oxygen atoms in total. The minimum Gasteiger partial charge on any atom is -0.443 e. The molecule has 0 aliphatic rings. The first-order chi connectivity index (χ1) is 14.0. The largest absolute Gasteiger partial charge is 0.443 e. The smallest absolute Gasteiger partial charge is 0.213 e. The van der Waals surface area contributed by atoms with Gasteiger partial charge in [-0.2, -0.15) is 0 Å². The van der Waals surface area contributed by atoms with Crippen LogP contribution in [0.2, 0.25) is 0 Å². The van der Waals surface area contributed by atoms with Gasteiger partial charge in [0.25, 0.3) is 0 Å². The summed E-state index contributed by atoms with van der Waals surface area (Å²) >= 11 is 0. The fourth-order valence-corrected chi connectivity index (χ4v) is 2.77. The molecule has 0 aliphatic heterocycles. The van der Waals surface area contributed by atoms with Gasteiger partial charge in [-0.25, -0.2) is 9.98 Å². The van der Waals surface area contributed by atoms with E-state index < -0.39 is 0 Å². The Morgan fingerprint density at radius 1 is 1.07 bits per heavy atom. The van der Waals surface area contributed by atoms with Crippen molar-refractivity contribution in [1.29, 1.82) is 0 Å². The standard InChI is InChI=1S/C23H29N5O.HI/c1-5-24-22(28-16-21-26-15-20(29-21)23(2,3)4)27-14-17-9-8-10-18(13-17)19-11-6-7-12-25-19;/h6-13,15H,5,14,16H2,1-4H3,(H2,24,27,28);1H. The number of hydrogen-bond donors (Lipinski definition) is 2. The Bertz CT molecular complexity index is 947. The van der Waals surface area contributed by atoms with Crippen LogP contribution in [0.1, 0.15) is 44.9 Å². The van der Waals surface area contributed by atoms with Crippen molar-refractivity contribution in [1.82, 2.24) is 20.6 Å². The lowest BCUT2D eigenvalue weighted by Crippen LogP contribution is -2.36. The number of benzene rings is 1. The topological polar surface area (TPSA) is 75.3 Å². The second kappa shape index (κ2) is 11.1. The Kier molecular flexibility index (Phi) is 8.83. The lowest BCUT2D eigenvalue weighted by molar-refractivity contribution is 0.379. The summed E-state index contributed by atoms with van der Waals surface area (Å²) in [5.74, 6) is 2.26. The van der Waals surface area contributed by atoms with Gasteiger partial charge in [0.1, 0.15) is 5.76 Å². The highest BCUT2D eigenvalue weighted by molar-refractivity contribution is 14.0. The third kappa shape index (κ3) is 6.83. The predicted octanol–water partition coefficient (Wildman–Crippen LogP) is 4.91. The molecule has 0 fully saturated rings. The van der Waals surface area contributed by atoms with E-state index in [0.29, 0.717) is 19.0 Å². The van der Waals surface area contributed by atoms with E-state index in [1.165, 1.54) is 0 Å². The number of halogens is 1. The third-order valence-electron chi connectivity index (χ3n) is 4.35. The van der Waals surface area contributed by atoms with Gasteiger partial charge in [-0.1, -0.05) is 45.0 Å². The van der Waals surface area contributed by atoms with Crippen LogP contribution in [-0.2, 0) is 18.5 Å². The molecule has 3 aromatic rings. The average molecular weight is 519 g/mol. The first kappa shape index (κ1) is 23.9. The van der Waals surface area contributed by atoms with E-state index in [4.69, 9.17) is 9.41 Å². The molecule has 7 heteroatoms. The summed E-state index contributed by atoms with van der Waals surface area (Å²) in [7, 11) is 0. The van der Waals surface area contributed by atoms with Gasteiger partial charge < -0.3 is 15.1 Å². The van der Waals surface area contributed by atoms with Gasteiger partial charge in [0.15, 0.2) is 5.96 Å². The minimum atomic E-state index is -0.0531. The second-order valence-electron chi connectivity index (χ2n) is 7.83. The van der Waals surface area contributed by atoms with Crippen LogP contribution in [0.5, 0.6) is 0 Å². The third-order valence-corrected chi connectivity index (χ3v) is 4.35. The van der Waals surface area contributed by atoms with Gasteiger partial charge in [0, 0.05) is 23.7 Å². The van der Waals surface area contributed by atoms with E-state index in [9.17, 15) is 0 Å². The Morgan fingerprint density at radius 2 is 1.90 bits per heavy atom. The molecule has 0 bridgehead atoms. The van der Waals surface area contributed by atoms with Gasteiger partial charge in [0.05, 0.1) is 25.0 Å². The van der Waals surface area contributed by atoms with Crippen molar-refractivity contribution in [3.63, 3.8) is 0 Å². The van der Waals surface area contributed by atoms with Crippen molar-refractivity contribution in [3.8, 4) is 11.3 Å². The number of oxazole rings is 1. The summed E-state index contributed by atoms with van der Waals surface area (Å²) < 4.78 is 5.84. The summed E-state index contributed by atoms with van der Waals surface area (Å²) in [6, 6.07) is 14.2. The van der Waals surface area contributed by atoms with Crippen LogP contribution in [0.4, 0.5) is 0 Å². The highest BCUT2D eigenvalue weighted by atomic mass is 127. The zero-order valence-electron chi connectivity index (χ0n) is 18.0. The van der Waals surface area contributed by atoms with Crippen LogP contribution < -0.4 is 10.6 Å². The molecular weight excluding hydrogens is 489 g/mol. The van der Waals surface area contributed by atoms with E-state index in [1.807, 2.05) is 31.2 Å². The molecular formula is C23H30IN5O. The SMILES string of the molecule is CCNC(=NCc1cccc(-c2ccccn2)c1)NCc1ncc(C(C)(C)C)o1.I. The number of nitrogens with one attached hydrogen (secondary N) is 2. The highest BCUT2D eigenvalue weighted by Gasteiger charge is 2.19. The van der Waals surface area contributed by atoms with Gasteiger partial charge in [0.2, 0.25) is 5.89 Å². The molecule has 0 unspecified atom stereocenters. The monoisotopic (exact) mass is 519 g/mol. The van der Waals surface area contributed by atoms with Crippen LogP contribution in [0.15, 0.2) is 64.3 Å². The number of rotatable bonds is 6. The zero-order chi connectivity index (χ0) is 20.7. The fraction of sp³-hybridized carbons (Fsp3) is 0.348. The quantitative estimate of drug-likeness (QED) is 0.275. The molecule has 3 rings (SSSR count). The zero-order valence-corrected chi connectivity index (χ0v) is 20.3. The van der Waals surface area contributed by atoms with E-state index in [0.717, 1.165) is 35.1 Å². The normalized spacial score (nSPS) is 11.7. The first-order valence-electron chi connectivity index (χ1n) is 9.93. The number of pyridine rings is 1. The molecule has 2 heterocycles. The summed E-state index contributed by atoms with van der Waals surface area (Å²) in [6.07, 6.45) is 3.60. The van der Waals surface area contributed by atoms with Gasteiger partial charge in [-0.3, -0.25) is 4.98 Å². The van der Waals surface area contributed by atoms with Crippen LogP contribution in [0.25, 0.3) is 11.3 Å². The van der Waals surface area contributed by atoms with Crippen LogP contribution in [-0.4, -0.2) is 22.5 Å². The summed E-state index contributed by atoms with van der Waals surface area (Å²) in [5, 5.41) is 6.55. The number of aliphatic imine (C=N–C) groups is 1. The fourth-order valence-electron chi connectivity index (χ4n) is 2.77. The van der Waals surface area contributed by atoms with Crippen LogP contribution in [0, 0.1) is 0 Å². The molecule has 0 aliphatic carbocycles. The molecule has 0 amide bonds. The van der Waals surface area contributed by atoms with Gasteiger partial charge in [-0.05, 0) is 30.7 Å². The van der Waals surface area contributed by atoms with Crippen LogP contribution in [0.3, 0.4) is 0 Å². The Balaban J connectivity index is 0.00000320. The Morgan fingerprint density at radius 3 is 2.57 bits per heavy atom. The maximum absolute atomic E-state index is 5.84. The number of guanidine groups is 1. The lowest BCUT2D eigenvalue weighted by Gasteiger charge is -2.13. The maximum Gasteiger partial charge on any atom is 0.213 e. The number of hydrogen-bond acceptors (Lipinski definition) is 4. The van der Waals surface area contributed by atoms with Gasteiger partial charge in [-0.15, -0.1) is 24.0 Å². The van der Waals surface area contributed by atoms with Crippen molar-refractivity contribution in [2.45, 2.75) is 46.2 Å². The van der Waals surface area contributed by atoms with Crippen molar-refractivity contribution < 1.29 is 4.42 Å². The molecule has 0 spiro atoms. The number of aromatic nitrogens is 2. The molecule has 0 saturated heterocycles. The first-order valence-corrected chi connectivity index (χ1v) is 9.93. The van der Waals surface area contributed by atoms with E-state index in [-0.39, 0.29) is 29.4 Å². The molecule has 0 saturated carbocycles. The predicted molar refractivity (Wildman–Crippen MR) is 132 cm³/mol. The van der Waals surface area contributed by atoms with E-state index in [2.05, 4.69) is 59.6 Å². The second-order valence-corrected chi connectivity index (χ2v) is 7.83. The molecule has 160 valence electrons. The van der Waals surface area contributed by atoms with E-state index >= 15 is 0 Å². The maximum atomic E-state index is 5.84. The molecule has 0 radical (unpaired) electrons. The molecule has 1 aromatic carbocycles. The summed E-state index contributed by atoms with van der Waals surface area (Å²) in [5.41, 5.74) is 3.12. The lowest BCUT2D eigenvalue weighted by atomic mass is 9.94. The minimum absolute atomic E-state index is 0. The van der Waals surface area contributed by atoms with E-state index in [1.54, 1.807) is 12.4 Å². The molecule has 2 N–H and O–H groups in total. The van der Waals surface area contributed by atoms with Crippen molar-refractivity contribution in [3.05, 3.63) is 72.1 Å². The summed E-state index contributed by atoms with van der Waals surface area (Å²) in [4.78, 5) is 13.5. The number of nitrogens with zero attached hydrogens (tertiary/aromatic N) is 3.